The summed E-state index contributed by atoms with van der Waals surface area (Å²) in [5, 5.41) is 9.37. The third-order valence-corrected chi connectivity index (χ3v) is 1.39. The molecule has 0 bridgehead atoms. The first-order valence-electron chi connectivity index (χ1n) is 3.90. The van der Waals surface area contributed by atoms with Crippen molar-refractivity contribution < 1.29 is 19.1 Å². The zero-order valence-corrected chi connectivity index (χ0v) is 8.20. The van der Waals surface area contributed by atoms with E-state index in [2.05, 4.69) is 4.74 Å². The van der Waals surface area contributed by atoms with Gasteiger partial charge in [-0.05, 0) is 0 Å². The monoisotopic (exact) mass is 176 g/mol. The van der Waals surface area contributed by atoms with Crippen molar-refractivity contribution in [1.82, 2.24) is 0 Å². The van der Waals surface area contributed by atoms with Crippen LogP contribution in [0, 0.1) is 0 Å². The molecule has 0 rings (SSSR count). The number of aliphatic hydroxyl groups excluding tert-OH is 1. The molecule has 0 saturated heterocycles. The summed E-state index contributed by atoms with van der Waals surface area (Å²) in [5.41, 5.74) is 0. The van der Waals surface area contributed by atoms with Crippen molar-refractivity contribution in [3.05, 3.63) is 0 Å². The number of rotatable bonds is 4. The molecule has 0 spiro atoms. The molecular weight excluding hydrogens is 158 g/mol. The highest BCUT2D eigenvalue weighted by Crippen LogP contribution is 1.99. The normalized spacial score (nSPS) is 14.1. The van der Waals surface area contributed by atoms with Gasteiger partial charge in [0.15, 0.2) is 0 Å². The fourth-order valence-electron chi connectivity index (χ4n) is 0.973. The molecule has 0 unspecified atom stereocenters. The number of methoxy groups -OCH3 is 1. The molecule has 0 heterocycles. The lowest BCUT2D eigenvalue weighted by molar-refractivity contribution is -0.873. The quantitative estimate of drug-likeness (QED) is 0.469. The Morgan fingerprint density at radius 1 is 1.50 bits per heavy atom. The molecule has 0 aliphatic heterocycles. The SMILES string of the molecule is COC(=O)C[C@H](O)C[N+](C)(C)C. The lowest BCUT2D eigenvalue weighted by atomic mass is 10.2. The highest BCUT2D eigenvalue weighted by molar-refractivity contribution is 5.69. The maximum absolute atomic E-state index is 10.7. The van der Waals surface area contributed by atoms with Crippen LogP contribution in [0.3, 0.4) is 0 Å². The maximum Gasteiger partial charge on any atom is 0.308 e. The van der Waals surface area contributed by atoms with Gasteiger partial charge in [-0.2, -0.15) is 0 Å². The number of carbonyl (C=O) groups is 1. The van der Waals surface area contributed by atoms with Crippen molar-refractivity contribution in [2.24, 2.45) is 0 Å². The Morgan fingerprint density at radius 2 is 2.00 bits per heavy atom. The van der Waals surface area contributed by atoms with Gasteiger partial charge in [0.2, 0.25) is 0 Å². The van der Waals surface area contributed by atoms with Crippen molar-refractivity contribution >= 4 is 5.97 Å². The maximum atomic E-state index is 10.7. The number of hydrogen-bond donors (Lipinski definition) is 1. The second-order valence-electron chi connectivity index (χ2n) is 3.91. The number of carbonyl (C=O) groups excluding carboxylic acids is 1. The number of likely N-dealkylation sites (N-methyl/N-ethyl adjacent to an activating group) is 1. The molecule has 0 aliphatic rings. The van der Waals surface area contributed by atoms with Crippen LogP contribution in [0.25, 0.3) is 0 Å². The van der Waals surface area contributed by atoms with Gasteiger partial charge >= 0.3 is 5.97 Å². The molecule has 0 aromatic heterocycles. The highest BCUT2D eigenvalue weighted by atomic mass is 16.5. The zero-order valence-electron chi connectivity index (χ0n) is 8.20. The third kappa shape index (κ3) is 6.12. The van der Waals surface area contributed by atoms with E-state index in [-0.39, 0.29) is 12.4 Å². The van der Waals surface area contributed by atoms with Crippen LogP contribution in [-0.4, -0.2) is 56.5 Å². The Kier molecular flexibility index (Phi) is 4.20. The van der Waals surface area contributed by atoms with Gasteiger partial charge in [-0.15, -0.1) is 0 Å². The van der Waals surface area contributed by atoms with Gasteiger partial charge in [0, 0.05) is 0 Å². The van der Waals surface area contributed by atoms with Crippen molar-refractivity contribution in [3.63, 3.8) is 0 Å². The summed E-state index contributed by atoms with van der Waals surface area (Å²) in [6.07, 6.45) is -0.538. The molecule has 72 valence electrons. The molecule has 0 radical (unpaired) electrons. The van der Waals surface area contributed by atoms with Gasteiger partial charge in [0.1, 0.15) is 12.6 Å². The minimum Gasteiger partial charge on any atom is -0.469 e. The molecule has 4 nitrogen and oxygen atoms in total. The fraction of sp³-hybridized carbons (Fsp3) is 0.875. The van der Waals surface area contributed by atoms with Crippen molar-refractivity contribution in [3.8, 4) is 0 Å². The molecule has 4 heteroatoms. The summed E-state index contributed by atoms with van der Waals surface area (Å²) in [4.78, 5) is 10.7. The molecule has 0 saturated carbocycles. The zero-order chi connectivity index (χ0) is 9.78. The Balaban J connectivity index is 3.74. The van der Waals surface area contributed by atoms with Crippen LogP contribution < -0.4 is 0 Å². The summed E-state index contributed by atoms with van der Waals surface area (Å²) in [6, 6.07) is 0. The topological polar surface area (TPSA) is 46.5 Å². The van der Waals surface area contributed by atoms with E-state index in [1.54, 1.807) is 0 Å². The Morgan fingerprint density at radius 3 is 2.33 bits per heavy atom. The molecule has 1 N–H and O–H groups in total. The van der Waals surface area contributed by atoms with E-state index in [1.165, 1.54) is 7.11 Å². The Hall–Kier alpha value is -0.610. The number of quaternary nitrogens is 1. The molecule has 0 aliphatic carbocycles. The number of esters is 1. The first kappa shape index (κ1) is 11.4. The predicted molar refractivity (Wildman–Crippen MR) is 45.5 cm³/mol. The van der Waals surface area contributed by atoms with Gasteiger partial charge < -0.3 is 14.3 Å². The van der Waals surface area contributed by atoms with Crippen LogP contribution in [0.2, 0.25) is 0 Å². The van der Waals surface area contributed by atoms with E-state index in [0.29, 0.717) is 11.0 Å². The predicted octanol–water partition coefficient (Wildman–Crippen LogP) is -0.383. The highest BCUT2D eigenvalue weighted by Gasteiger charge is 2.18. The van der Waals surface area contributed by atoms with Crippen LogP contribution in [-0.2, 0) is 9.53 Å². The molecule has 0 amide bonds. The smallest absolute Gasteiger partial charge is 0.308 e. The standard InChI is InChI=1S/C8H18NO3/c1-9(2,3)6-7(10)5-8(11)12-4/h7,10H,5-6H2,1-4H3/q+1/t7-/m0/s1. The lowest BCUT2D eigenvalue weighted by Crippen LogP contribution is -2.42. The van der Waals surface area contributed by atoms with E-state index in [1.807, 2.05) is 21.1 Å². The minimum atomic E-state index is -0.613. The van der Waals surface area contributed by atoms with E-state index >= 15 is 0 Å². The van der Waals surface area contributed by atoms with Crippen molar-refractivity contribution in [2.75, 3.05) is 34.8 Å². The molecule has 0 aromatic rings. The van der Waals surface area contributed by atoms with Crippen molar-refractivity contribution in [1.29, 1.82) is 0 Å². The van der Waals surface area contributed by atoms with Gasteiger partial charge in [-0.25, -0.2) is 0 Å². The van der Waals surface area contributed by atoms with Gasteiger partial charge in [-0.1, -0.05) is 0 Å². The summed E-state index contributed by atoms with van der Waals surface area (Å²) in [5.74, 6) is -0.365. The number of aliphatic hydroxyl groups is 1. The first-order chi connectivity index (χ1) is 5.35. The van der Waals surface area contributed by atoms with Crippen LogP contribution in [0.1, 0.15) is 6.42 Å². The lowest BCUT2D eigenvalue weighted by Gasteiger charge is -2.26. The molecular formula is C8H18NO3+. The molecule has 12 heavy (non-hydrogen) atoms. The Bertz CT molecular complexity index is 151. The van der Waals surface area contributed by atoms with Gasteiger partial charge in [0.25, 0.3) is 0 Å². The summed E-state index contributed by atoms with van der Waals surface area (Å²) in [7, 11) is 7.20. The largest absolute Gasteiger partial charge is 0.469 e. The number of nitrogens with zero attached hydrogens (tertiary/aromatic N) is 1. The second-order valence-corrected chi connectivity index (χ2v) is 3.91. The van der Waals surface area contributed by atoms with Gasteiger partial charge in [-0.3, -0.25) is 4.79 Å². The summed E-state index contributed by atoms with van der Waals surface area (Å²) in [6.45, 7) is 0.551. The van der Waals surface area contributed by atoms with E-state index in [9.17, 15) is 9.90 Å². The second kappa shape index (κ2) is 4.42. The van der Waals surface area contributed by atoms with E-state index < -0.39 is 6.10 Å². The average Bonchev–Trinajstić information content (AvgIpc) is 1.82. The molecule has 0 aromatic carbocycles. The van der Waals surface area contributed by atoms with Crippen LogP contribution in [0.5, 0.6) is 0 Å². The minimum absolute atomic E-state index is 0.0754. The van der Waals surface area contributed by atoms with E-state index in [0.717, 1.165) is 0 Å². The van der Waals surface area contributed by atoms with Crippen molar-refractivity contribution in [2.45, 2.75) is 12.5 Å². The molecule has 1 atom stereocenters. The van der Waals surface area contributed by atoms with E-state index in [4.69, 9.17) is 0 Å². The van der Waals surface area contributed by atoms with Crippen LogP contribution in [0.15, 0.2) is 0 Å². The first-order valence-corrected chi connectivity index (χ1v) is 3.90. The van der Waals surface area contributed by atoms with Crippen LogP contribution >= 0.6 is 0 Å². The number of hydrogen-bond acceptors (Lipinski definition) is 3. The van der Waals surface area contributed by atoms with Gasteiger partial charge in [0.05, 0.1) is 34.7 Å². The average molecular weight is 176 g/mol. The summed E-state index contributed by atoms with van der Waals surface area (Å²) < 4.78 is 5.07. The summed E-state index contributed by atoms with van der Waals surface area (Å²) >= 11 is 0. The number of ether oxygens (including phenoxy) is 1. The fourth-order valence-corrected chi connectivity index (χ4v) is 0.973. The Labute approximate surface area is 73.3 Å². The van der Waals surface area contributed by atoms with Crippen LogP contribution in [0.4, 0.5) is 0 Å². The third-order valence-electron chi connectivity index (χ3n) is 1.39. The molecule has 0 fully saturated rings.